The van der Waals surface area contributed by atoms with Gasteiger partial charge in [-0.2, -0.15) is 5.26 Å². The number of benzene rings is 2. The first-order valence-electron chi connectivity index (χ1n) is 7.89. The number of nitriles is 1. The number of hydrogen-bond acceptors (Lipinski definition) is 3. The summed E-state index contributed by atoms with van der Waals surface area (Å²) in [5.41, 5.74) is 9.61. The van der Waals surface area contributed by atoms with Gasteiger partial charge < -0.3 is 10.5 Å². The summed E-state index contributed by atoms with van der Waals surface area (Å²) in [6.45, 7) is 2.85. The number of rotatable bonds is 7. The average molecular weight is 306 g/mol. The normalized spacial score (nSPS) is 11.0. The quantitative estimate of drug-likeness (QED) is 0.591. The van der Waals surface area contributed by atoms with Crippen molar-refractivity contribution in [1.29, 1.82) is 5.26 Å². The van der Waals surface area contributed by atoms with E-state index in [0.717, 1.165) is 36.3 Å². The van der Waals surface area contributed by atoms with Crippen LogP contribution in [0.15, 0.2) is 54.1 Å². The minimum absolute atomic E-state index is 0.689. The molecule has 0 unspecified atom stereocenters. The maximum Gasteiger partial charge on any atom is 0.119 e. The van der Waals surface area contributed by atoms with Crippen LogP contribution in [0.3, 0.4) is 0 Å². The molecule has 0 saturated heterocycles. The zero-order valence-electron chi connectivity index (χ0n) is 13.5. The van der Waals surface area contributed by atoms with Crippen molar-refractivity contribution in [3.63, 3.8) is 0 Å². The van der Waals surface area contributed by atoms with Gasteiger partial charge in [0.25, 0.3) is 0 Å². The van der Waals surface area contributed by atoms with Gasteiger partial charge in [-0.1, -0.05) is 30.7 Å². The van der Waals surface area contributed by atoms with E-state index in [1.807, 2.05) is 48.5 Å². The maximum absolute atomic E-state index is 8.82. The Morgan fingerprint density at radius 1 is 1.13 bits per heavy atom. The first kappa shape index (κ1) is 16.6. The maximum atomic E-state index is 8.82. The van der Waals surface area contributed by atoms with Gasteiger partial charge in [-0.3, -0.25) is 0 Å². The molecule has 0 aliphatic rings. The number of allylic oxidation sites excluding steroid dienone is 1. The molecule has 0 aromatic heterocycles. The lowest BCUT2D eigenvalue weighted by Gasteiger charge is -2.08. The fourth-order valence-electron chi connectivity index (χ4n) is 2.29. The van der Waals surface area contributed by atoms with Crippen LogP contribution >= 0.6 is 0 Å². The van der Waals surface area contributed by atoms with Gasteiger partial charge in [0.05, 0.1) is 18.2 Å². The molecule has 0 heterocycles. The van der Waals surface area contributed by atoms with E-state index in [9.17, 15) is 0 Å². The van der Waals surface area contributed by atoms with E-state index in [1.54, 1.807) is 0 Å². The first-order valence-corrected chi connectivity index (χ1v) is 7.89. The highest BCUT2D eigenvalue weighted by Crippen LogP contribution is 2.17. The summed E-state index contributed by atoms with van der Waals surface area (Å²) in [5, 5.41) is 8.82. The van der Waals surface area contributed by atoms with Gasteiger partial charge in [0, 0.05) is 5.69 Å². The van der Waals surface area contributed by atoms with Crippen LogP contribution in [-0.4, -0.2) is 6.61 Å². The fraction of sp³-hybridized carbons (Fsp3) is 0.250. The molecule has 0 fully saturated rings. The number of nitrogen functional groups attached to an aromatic ring is 1. The molecule has 0 atom stereocenters. The van der Waals surface area contributed by atoms with Crippen molar-refractivity contribution >= 4 is 11.8 Å². The molecular formula is C20H22N2O. The Balaban J connectivity index is 1.83. The third kappa shape index (κ3) is 5.52. The lowest BCUT2D eigenvalue weighted by molar-refractivity contribution is 0.310. The summed E-state index contributed by atoms with van der Waals surface area (Å²) in [7, 11) is 0. The topological polar surface area (TPSA) is 59.0 Å². The molecule has 0 spiro atoms. The Kier molecular flexibility index (Phi) is 6.26. The smallest absolute Gasteiger partial charge is 0.119 e. The van der Waals surface area contributed by atoms with E-state index in [1.165, 1.54) is 5.57 Å². The third-order valence-electron chi connectivity index (χ3n) is 3.66. The zero-order chi connectivity index (χ0) is 16.5. The van der Waals surface area contributed by atoms with Crippen LogP contribution in [0.4, 0.5) is 5.69 Å². The Labute approximate surface area is 138 Å². The van der Waals surface area contributed by atoms with Crippen LogP contribution < -0.4 is 10.5 Å². The highest BCUT2D eigenvalue weighted by Gasteiger charge is 1.99. The molecule has 2 rings (SSSR count). The number of anilines is 1. The first-order chi connectivity index (χ1) is 11.2. The highest BCUT2D eigenvalue weighted by atomic mass is 16.5. The molecule has 3 heteroatoms. The van der Waals surface area contributed by atoms with Gasteiger partial charge in [0.15, 0.2) is 0 Å². The molecule has 2 aromatic carbocycles. The van der Waals surface area contributed by atoms with Crippen molar-refractivity contribution in [2.24, 2.45) is 0 Å². The molecule has 0 amide bonds. The molecule has 23 heavy (non-hydrogen) atoms. The number of ether oxygens (including phenoxy) is 1. The predicted octanol–water partition coefficient (Wildman–Crippen LogP) is 4.79. The molecule has 0 bridgehead atoms. The Hall–Kier alpha value is -2.73. The van der Waals surface area contributed by atoms with Crippen molar-refractivity contribution in [2.75, 3.05) is 12.3 Å². The molecule has 0 aliphatic carbocycles. The molecule has 2 aromatic rings. The second-order valence-electron chi connectivity index (χ2n) is 5.41. The fourth-order valence-corrected chi connectivity index (χ4v) is 2.29. The van der Waals surface area contributed by atoms with Crippen LogP contribution in [-0.2, 0) is 0 Å². The molecule has 118 valence electrons. The van der Waals surface area contributed by atoms with Gasteiger partial charge >= 0.3 is 0 Å². The van der Waals surface area contributed by atoms with E-state index >= 15 is 0 Å². The molecule has 0 aliphatic heterocycles. The Morgan fingerprint density at radius 2 is 1.83 bits per heavy atom. The van der Waals surface area contributed by atoms with E-state index in [0.29, 0.717) is 12.2 Å². The summed E-state index contributed by atoms with van der Waals surface area (Å²) in [4.78, 5) is 0. The van der Waals surface area contributed by atoms with Crippen LogP contribution in [0.25, 0.3) is 6.08 Å². The van der Waals surface area contributed by atoms with Crippen molar-refractivity contribution in [3.8, 4) is 11.8 Å². The number of hydrogen-bond donors (Lipinski definition) is 1. The van der Waals surface area contributed by atoms with Crippen LogP contribution in [0, 0.1) is 11.3 Å². The van der Waals surface area contributed by atoms with Crippen molar-refractivity contribution in [3.05, 3.63) is 65.2 Å². The minimum atomic E-state index is 0.689. The van der Waals surface area contributed by atoms with E-state index in [4.69, 9.17) is 15.7 Å². The zero-order valence-corrected chi connectivity index (χ0v) is 13.5. The van der Waals surface area contributed by atoms with E-state index < -0.39 is 0 Å². The predicted molar refractivity (Wildman–Crippen MR) is 95.0 cm³/mol. The summed E-state index contributed by atoms with van der Waals surface area (Å²) in [6, 6.07) is 17.3. The average Bonchev–Trinajstić information content (AvgIpc) is 2.59. The summed E-state index contributed by atoms with van der Waals surface area (Å²) >= 11 is 0. The second kappa shape index (κ2) is 8.65. The lowest BCUT2D eigenvalue weighted by Crippen LogP contribution is -1.98. The Morgan fingerprint density at radius 3 is 2.43 bits per heavy atom. The SMILES string of the molecule is CC/C(=C\c1ccc(C#N)cc1)CCCOc1ccc(N)cc1. The summed E-state index contributed by atoms with van der Waals surface area (Å²) < 4.78 is 5.72. The van der Waals surface area contributed by atoms with Crippen molar-refractivity contribution in [2.45, 2.75) is 26.2 Å². The summed E-state index contributed by atoms with van der Waals surface area (Å²) in [6.07, 6.45) is 5.19. The van der Waals surface area contributed by atoms with Gasteiger partial charge in [0.2, 0.25) is 0 Å². The molecule has 2 N–H and O–H groups in total. The van der Waals surface area contributed by atoms with E-state index in [-0.39, 0.29) is 0 Å². The number of nitrogens with zero attached hydrogens (tertiary/aromatic N) is 1. The molecule has 3 nitrogen and oxygen atoms in total. The third-order valence-corrected chi connectivity index (χ3v) is 3.66. The largest absolute Gasteiger partial charge is 0.494 e. The number of nitrogens with two attached hydrogens (primary N) is 1. The van der Waals surface area contributed by atoms with E-state index in [2.05, 4.69) is 19.1 Å². The van der Waals surface area contributed by atoms with Crippen LogP contribution in [0.5, 0.6) is 5.75 Å². The van der Waals surface area contributed by atoms with Crippen molar-refractivity contribution < 1.29 is 4.74 Å². The molecular weight excluding hydrogens is 284 g/mol. The van der Waals surface area contributed by atoms with Gasteiger partial charge in [-0.05, 0) is 61.2 Å². The highest BCUT2D eigenvalue weighted by molar-refractivity contribution is 5.54. The van der Waals surface area contributed by atoms with Crippen molar-refractivity contribution in [1.82, 2.24) is 0 Å². The van der Waals surface area contributed by atoms with Gasteiger partial charge in [-0.15, -0.1) is 0 Å². The molecule has 0 radical (unpaired) electrons. The van der Waals surface area contributed by atoms with Crippen LogP contribution in [0.2, 0.25) is 0 Å². The molecule has 0 saturated carbocycles. The lowest BCUT2D eigenvalue weighted by atomic mass is 10.0. The van der Waals surface area contributed by atoms with Gasteiger partial charge in [-0.25, -0.2) is 0 Å². The standard InChI is InChI=1S/C20H22N2O/c1-2-16(14-17-5-7-18(15-21)8-6-17)4-3-13-23-20-11-9-19(22)10-12-20/h5-12,14H,2-4,13,22H2,1H3/b16-14+. The second-order valence-corrected chi connectivity index (χ2v) is 5.41. The van der Waals surface area contributed by atoms with Gasteiger partial charge in [0.1, 0.15) is 5.75 Å². The monoisotopic (exact) mass is 306 g/mol. The minimum Gasteiger partial charge on any atom is -0.494 e. The Bertz CT molecular complexity index is 679. The van der Waals surface area contributed by atoms with Crippen LogP contribution in [0.1, 0.15) is 37.3 Å². The summed E-state index contributed by atoms with van der Waals surface area (Å²) in [5.74, 6) is 0.855.